The molecule has 7 nitrogen and oxygen atoms in total. The van der Waals surface area contributed by atoms with E-state index in [1.54, 1.807) is 18.3 Å². The largest absolute Gasteiger partial charge is 0.381 e. The van der Waals surface area contributed by atoms with Crippen molar-refractivity contribution in [1.29, 1.82) is 0 Å². The molecule has 0 radical (unpaired) electrons. The van der Waals surface area contributed by atoms with Crippen LogP contribution in [-0.4, -0.2) is 53.6 Å². The Morgan fingerprint density at radius 3 is 2.85 bits per heavy atom. The lowest BCUT2D eigenvalue weighted by Gasteiger charge is -2.30. The van der Waals surface area contributed by atoms with Crippen molar-refractivity contribution in [1.82, 2.24) is 15.2 Å². The zero-order chi connectivity index (χ0) is 18.6. The number of rotatable bonds is 3. The first-order chi connectivity index (χ1) is 13.2. The molecular formula is C19H22FN5O2. The Hall–Kier alpha value is -2.61. The molecule has 27 heavy (non-hydrogen) atoms. The molecule has 2 aromatic rings. The number of hydrogen-bond donors (Lipinski definition) is 1. The Bertz CT molecular complexity index is 809. The van der Waals surface area contributed by atoms with Gasteiger partial charge in [0.25, 0.3) is 5.91 Å². The van der Waals surface area contributed by atoms with Crippen LogP contribution in [0.4, 0.5) is 16.0 Å². The molecule has 142 valence electrons. The van der Waals surface area contributed by atoms with Gasteiger partial charge in [0.15, 0.2) is 5.82 Å². The summed E-state index contributed by atoms with van der Waals surface area (Å²) in [6.45, 7) is 2.36. The van der Waals surface area contributed by atoms with E-state index in [9.17, 15) is 9.18 Å². The summed E-state index contributed by atoms with van der Waals surface area (Å²) in [6.07, 6.45) is 3.08. The summed E-state index contributed by atoms with van der Waals surface area (Å²) in [7, 11) is 0. The Morgan fingerprint density at radius 2 is 2.07 bits per heavy atom. The number of piperidine rings is 1. The fourth-order valence-corrected chi connectivity index (χ4v) is 3.53. The lowest BCUT2D eigenvalue weighted by molar-refractivity contribution is 0.102. The maximum atomic E-state index is 13.5. The van der Waals surface area contributed by atoms with Crippen LogP contribution in [0.25, 0.3) is 0 Å². The molecule has 0 spiro atoms. The van der Waals surface area contributed by atoms with Crippen LogP contribution >= 0.6 is 0 Å². The summed E-state index contributed by atoms with van der Waals surface area (Å²) < 4.78 is 19.1. The van der Waals surface area contributed by atoms with E-state index in [4.69, 9.17) is 9.72 Å². The minimum atomic E-state index is -0.755. The van der Waals surface area contributed by atoms with Crippen LogP contribution < -0.4 is 10.2 Å². The standard InChI is InChI=1S/C19H22FN5O2/c20-13-3-8-25(9-4-13)18-12-15(14-5-10-27-11-6-16(14)22-18)19(26)23-17-2-1-7-21-24-17/h1-2,7,12-13H,3-6,8-11H2,(H,23,24,26). The van der Waals surface area contributed by atoms with E-state index in [0.717, 1.165) is 17.1 Å². The Labute approximate surface area is 157 Å². The highest BCUT2D eigenvalue weighted by Gasteiger charge is 2.25. The summed E-state index contributed by atoms with van der Waals surface area (Å²) in [4.78, 5) is 19.8. The number of carbonyl (C=O) groups is 1. The third-order valence-electron chi connectivity index (χ3n) is 4.98. The zero-order valence-electron chi connectivity index (χ0n) is 15.0. The Morgan fingerprint density at radius 1 is 1.26 bits per heavy atom. The second-order valence-corrected chi connectivity index (χ2v) is 6.79. The van der Waals surface area contributed by atoms with E-state index in [1.165, 1.54) is 0 Å². The van der Waals surface area contributed by atoms with Crippen molar-refractivity contribution in [3.8, 4) is 0 Å². The van der Waals surface area contributed by atoms with Gasteiger partial charge < -0.3 is 15.0 Å². The smallest absolute Gasteiger partial charge is 0.257 e. The van der Waals surface area contributed by atoms with Crippen molar-refractivity contribution in [2.45, 2.75) is 31.9 Å². The minimum Gasteiger partial charge on any atom is -0.381 e. The number of carbonyl (C=O) groups excluding carboxylic acids is 1. The lowest BCUT2D eigenvalue weighted by Crippen LogP contribution is -2.35. The number of alkyl halides is 1. The highest BCUT2D eigenvalue weighted by molar-refractivity contribution is 6.05. The van der Waals surface area contributed by atoms with Crippen molar-refractivity contribution < 1.29 is 13.9 Å². The zero-order valence-corrected chi connectivity index (χ0v) is 15.0. The van der Waals surface area contributed by atoms with Crippen LogP contribution in [0.5, 0.6) is 0 Å². The van der Waals surface area contributed by atoms with Crippen molar-refractivity contribution in [2.75, 3.05) is 36.5 Å². The van der Waals surface area contributed by atoms with Gasteiger partial charge >= 0.3 is 0 Å². The van der Waals surface area contributed by atoms with Gasteiger partial charge in [0, 0.05) is 37.0 Å². The molecule has 4 rings (SSSR count). The molecule has 0 aromatic carbocycles. The fraction of sp³-hybridized carbons (Fsp3) is 0.474. The number of ether oxygens (including phenoxy) is 1. The first-order valence-electron chi connectivity index (χ1n) is 9.29. The summed E-state index contributed by atoms with van der Waals surface area (Å²) in [6, 6.07) is 5.23. The van der Waals surface area contributed by atoms with E-state index in [0.29, 0.717) is 63.4 Å². The molecule has 1 amide bonds. The molecule has 1 fully saturated rings. The molecule has 8 heteroatoms. The maximum absolute atomic E-state index is 13.5. The van der Waals surface area contributed by atoms with Crippen LogP contribution in [0.1, 0.15) is 34.5 Å². The molecule has 0 atom stereocenters. The minimum absolute atomic E-state index is 0.238. The van der Waals surface area contributed by atoms with Crippen LogP contribution in [0, 0.1) is 0 Å². The molecule has 2 aliphatic heterocycles. The summed E-state index contributed by atoms with van der Waals surface area (Å²) in [5.74, 6) is 0.891. The van der Waals surface area contributed by atoms with E-state index >= 15 is 0 Å². The van der Waals surface area contributed by atoms with Gasteiger partial charge in [0.05, 0.1) is 13.2 Å². The van der Waals surface area contributed by atoms with Crippen molar-refractivity contribution in [3.63, 3.8) is 0 Å². The van der Waals surface area contributed by atoms with Crippen molar-refractivity contribution in [3.05, 3.63) is 41.2 Å². The number of fused-ring (bicyclic) bond motifs is 1. The van der Waals surface area contributed by atoms with Crippen molar-refractivity contribution >= 4 is 17.5 Å². The number of pyridine rings is 1. The van der Waals surface area contributed by atoms with Gasteiger partial charge in [-0.05, 0) is 43.0 Å². The number of hydrogen-bond acceptors (Lipinski definition) is 6. The van der Waals surface area contributed by atoms with Gasteiger partial charge in [-0.3, -0.25) is 4.79 Å². The van der Waals surface area contributed by atoms with E-state index < -0.39 is 6.17 Å². The fourth-order valence-electron chi connectivity index (χ4n) is 3.53. The number of nitrogens with zero attached hydrogens (tertiary/aromatic N) is 4. The molecule has 1 saturated heterocycles. The molecular weight excluding hydrogens is 349 g/mol. The summed E-state index contributed by atoms with van der Waals surface area (Å²) in [5.41, 5.74) is 2.38. The summed E-state index contributed by atoms with van der Waals surface area (Å²) in [5, 5.41) is 10.5. The number of halogens is 1. The molecule has 0 aliphatic carbocycles. The lowest BCUT2D eigenvalue weighted by atomic mass is 10.0. The van der Waals surface area contributed by atoms with Crippen LogP contribution in [0.3, 0.4) is 0 Å². The van der Waals surface area contributed by atoms with Gasteiger partial charge in [-0.15, -0.1) is 5.10 Å². The SMILES string of the molecule is O=C(Nc1cccnn1)c1cc(N2CCC(F)CC2)nc2c1CCOCC2. The number of aromatic nitrogens is 3. The highest BCUT2D eigenvalue weighted by Crippen LogP contribution is 2.26. The number of anilines is 2. The van der Waals surface area contributed by atoms with Crippen LogP contribution in [0.2, 0.25) is 0 Å². The predicted octanol–water partition coefficient (Wildman–Crippen LogP) is 2.18. The van der Waals surface area contributed by atoms with Gasteiger partial charge in [-0.2, -0.15) is 5.10 Å². The van der Waals surface area contributed by atoms with E-state index in [2.05, 4.69) is 20.4 Å². The molecule has 4 heterocycles. The average Bonchev–Trinajstić information content (AvgIpc) is 2.94. The molecule has 0 saturated carbocycles. The first kappa shape index (κ1) is 17.8. The van der Waals surface area contributed by atoms with Crippen LogP contribution in [0.15, 0.2) is 24.4 Å². The van der Waals surface area contributed by atoms with Gasteiger partial charge in [-0.25, -0.2) is 9.37 Å². The maximum Gasteiger partial charge on any atom is 0.257 e. The second kappa shape index (κ2) is 7.96. The molecule has 0 bridgehead atoms. The molecule has 2 aliphatic rings. The Kier molecular flexibility index (Phi) is 5.24. The van der Waals surface area contributed by atoms with E-state index in [1.807, 2.05) is 6.07 Å². The quantitative estimate of drug-likeness (QED) is 0.891. The Balaban J connectivity index is 1.67. The van der Waals surface area contributed by atoms with Gasteiger partial charge in [0.1, 0.15) is 12.0 Å². The first-order valence-corrected chi connectivity index (χ1v) is 9.29. The highest BCUT2D eigenvalue weighted by atomic mass is 19.1. The monoisotopic (exact) mass is 371 g/mol. The van der Waals surface area contributed by atoms with Gasteiger partial charge in [0.2, 0.25) is 0 Å². The molecule has 2 aromatic heterocycles. The number of nitrogens with one attached hydrogen (secondary N) is 1. The number of amides is 1. The average molecular weight is 371 g/mol. The van der Waals surface area contributed by atoms with E-state index in [-0.39, 0.29) is 5.91 Å². The van der Waals surface area contributed by atoms with Gasteiger partial charge in [-0.1, -0.05) is 0 Å². The predicted molar refractivity (Wildman–Crippen MR) is 98.8 cm³/mol. The molecule has 0 unspecified atom stereocenters. The second-order valence-electron chi connectivity index (χ2n) is 6.79. The third kappa shape index (κ3) is 4.05. The molecule has 1 N–H and O–H groups in total. The van der Waals surface area contributed by atoms with Crippen molar-refractivity contribution in [2.24, 2.45) is 0 Å². The third-order valence-corrected chi connectivity index (χ3v) is 4.98. The summed E-state index contributed by atoms with van der Waals surface area (Å²) >= 11 is 0. The normalized spacial score (nSPS) is 17.9. The topological polar surface area (TPSA) is 80.2 Å². The van der Waals surface area contributed by atoms with Crippen LogP contribution in [-0.2, 0) is 17.6 Å².